The quantitative estimate of drug-likeness (QED) is 0.806. The van der Waals surface area contributed by atoms with Crippen LogP contribution in [0.3, 0.4) is 0 Å². The summed E-state index contributed by atoms with van der Waals surface area (Å²) in [5.74, 6) is 0.720. The van der Waals surface area contributed by atoms with Crippen molar-refractivity contribution >= 4 is 9.84 Å². The van der Waals surface area contributed by atoms with Gasteiger partial charge in [-0.3, -0.25) is 0 Å². The number of hydrogen-bond acceptors (Lipinski definition) is 4. The maximum Gasteiger partial charge on any atom is 0.151 e. The number of rotatable bonds is 4. The van der Waals surface area contributed by atoms with E-state index in [9.17, 15) is 8.42 Å². The highest BCUT2D eigenvalue weighted by Gasteiger charge is 2.37. The van der Waals surface area contributed by atoms with Gasteiger partial charge in [0.2, 0.25) is 0 Å². The maximum absolute atomic E-state index is 11.5. The Hall–Kier alpha value is -0.130. The molecule has 17 heavy (non-hydrogen) atoms. The van der Waals surface area contributed by atoms with E-state index in [-0.39, 0.29) is 11.6 Å². The first-order valence-electron chi connectivity index (χ1n) is 6.62. The molecule has 0 aliphatic carbocycles. The van der Waals surface area contributed by atoms with Gasteiger partial charge in [0, 0.05) is 18.1 Å². The van der Waals surface area contributed by atoms with Gasteiger partial charge in [0.15, 0.2) is 9.84 Å². The van der Waals surface area contributed by atoms with Crippen LogP contribution in [-0.4, -0.2) is 56.5 Å². The van der Waals surface area contributed by atoms with Crippen LogP contribution >= 0.6 is 0 Å². The number of hydrogen-bond donors (Lipinski definition) is 1. The van der Waals surface area contributed by atoms with Gasteiger partial charge < -0.3 is 10.2 Å². The molecule has 2 unspecified atom stereocenters. The van der Waals surface area contributed by atoms with Gasteiger partial charge in [-0.1, -0.05) is 6.92 Å². The molecule has 0 aromatic heterocycles. The first-order chi connectivity index (χ1) is 7.96. The molecule has 2 fully saturated rings. The molecular formula is C12H24N2O2S. The van der Waals surface area contributed by atoms with E-state index in [0.29, 0.717) is 11.5 Å². The lowest BCUT2D eigenvalue weighted by molar-refractivity contribution is 0.181. The normalized spacial score (nSPS) is 36.8. The third-order valence-electron chi connectivity index (χ3n) is 4.39. The molecule has 0 aromatic carbocycles. The summed E-state index contributed by atoms with van der Waals surface area (Å²) in [6, 6.07) is 0.228. The molecule has 0 radical (unpaired) electrons. The fourth-order valence-electron chi connectivity index (χ4n) is 3.15. The molecule has 2 aliphatic rings. The van der Waals surface area contributed by atoms with Crippen molar-refractivity contribution < 1.29 is 8.42 Å². The van der Waals surface area contributed by atoms with Gasteiger partial charge >= 0.3 is 0 Å². The first kappa shape index (κ1) is 13.3. The van der Waals surface area contributed by atoms with Crippen LogP contribution in [0.1, 0.15) is 32.6 Å². The Morgan fingerprint density at radius 3 is 2.71 bits per heavy atom. The first-order valence-corrected chi connectivity index (χ1v) is 8.44. The summed E-state index contributed by atoms with van der Waals surface area (Å²) in [6.45, 7) is 4.30. The third-order valence-corrected chi connectivity index (χ3v) is 6.14. The van der Waals surface area contributed by atoms with E-state index in [1.54, 1.807) is 0 Å². The summed E-state index contributed by atoms with van der Waals surface area (Å²) in [5.41, 5.74) is 0.223. The Kier molecular flexibility index (Phi) is 3.80. The average molecular weight is 260 g/mol. The second kappa shape index (κ2) is 4.86. The van der Waals surface area contributed by atoms with Gasteiger partial charge in [-0.25, -0.2) is 8.42 Å². The minimum atomic E-state index is -2.76. The highest BCUT2D eigenvalue weighted by molar-refractivity contribution is 7.91. The number of likely N-dealkylation sites (N-methyl/N-ethyl adjacent to an activating group) is 1. The molecule has 2 rings (SSSR count). The minimum Gasteiger partial charge on any atom is -0.310 e. The van der Waals surface area contributed by atoms with Crippen LogP contribution in [0, 0.1) is 0 Å². The molecule has 0 aromatic rings. The van der Waals surface area contributed by atoms with E-state index in [0.717, 1.165) is 25.9 Å². The van der Waals surface area contributed by atoms with Crippen molar-refractivity contribution in [3.05, 3.63) is 0 Å². The van der Waals surface area contributed by atoms with Crippen LogP contribution in [0.25, 0.3) is 0 Å². The van der Waals surface area contributed by atoms with Gasteiger partial charge in [-0.2, -0.15) is 0 Å². The zero-order chi connectivity index (χ0) is 12.5. The largest absolute Gasteiger partial charge is 0.310 e. The summed E-state index contributed by atoms with van der Waals surface area (Å²) in [4.78, 5) is 2.26. The van der Waals surface area contributed by atoms with Crippen LogP contribution in [0.15, 0.2) is 0 Å². The van der Waals surface area contributed by atoms with Crippen molar-refractivity contribution in [2.24, 2.45) is 0 Å². The van der Waals surface area contributed by atoms with Crippen molar-refractivity contribution in [3.8, 4) is 0 Å². The predicted molar refractivity (Wildman–Crippen MR) is 69.9 cm³/mol. The monoisotopic (exact) mass is 260 g/mol. The van der Waals surface area contributed by atoms with Crippen LogP contribution in [-0.2, 0) is 9.84 Å². The van der Waals surface area contributed by atoms with Gasteiger partial charge in [0.25, 0.3) is 0 Å². The highest BCUT2D eigenvalue weighted by atomic mass is 32.2. The number of nitrogens with one attached hydrogen (secondary N) is 1. The Bertz CT molecular complexity index is 361. The summed E-state index contributed by atoms with van der Waals surface area (Å²) in [7, 11) is -0.690. The molecule has 2 aliphatic heterocycles. The molecule has 2 saturated heterocycles. The van der Waals surface area contributed by atoms with Crippen LogP contribution in [0.2, 0.25) is 0 Å². The predicted octanol–water partition coefficient (Wildman–Crippen LogP) is 0.638. The van der Waals surface area contributed by atoms with E-state index in [1.165, 1.54) is 12.8 Å². The highest BCUT2D eigenvalue weighted by Crippen LogP contribution is 2.26. The standard InChI is InChI=1S/C12H24N2O2S/c1-3-12(6-4-7-13-12)10-14(2)11-5-8-17(15,16)9-11/h11,13H,3-10H2,1-2H3. The lowest BCUT2D eigenvalue weighted by Gasteiger charge is -2.35. The van der Waals surface area contributed by atoms with Crippen molar-refractivity contribution in [1.82, 2.24) is 10.2 Å². The maximum atomic E-state index is 11.5. The van der Waals surface area contributed by atoms with Crippen LogP contribution in [0.5, 0.6) is 0 Å². The molecule has 1 N–H and O–H groups in total. The van der Waals surface area contributed by atoms with E-state index >= 15 is 0 Å². The summed E-state index contributed by atoms with van der Waals surface area (Å²) in [5, 5.41) is 3.60. The molecule has 100 valence electrons. The van der Waals surface area contributed by atoms with Crippen LogP contribution < -0.4 is 5.32 Å². The zero-order valence-corrected chi connectivity index (χ0v) is 11.7. The van der Waals surface area contributed by atoms with E-state index in [1.807, 2.05) is 0 Å². The molecule has 0 bridgehead atoms. The smallest absolute Gasteiger partial charge is 0.151 e. The second-order valence-electron chi connectivity index (χ2n) is 5.64. The van der Waals surface area contributed by atoms with E-state index < -0.39 is 9.84 Å². The van der Waals surface area contributed by atoms with Gasteiger partial charge in [0.1, 0.15) is 0 Å². The summed E-state index contributed by atoms with van der Waals surface area (Å²) in [6.07, 6.45) is 4.38. The Labute approximate surface area is 105 Å². The molecular weight excluding hydrogens is 236 g/mol. The average Bonchev–Trinajstić information content (AvgIpc) is 2.86. The topological polar surface area (TPSA) is 49.4 Å². The van der Waals surface area contributed by atoms with Crippen molar-refractivity contribution in [3.63, 3.8) is 0 Å². The Morgan fingerprint density at radius 1 is 1.47 bits per heavy atom. The van der Waals surface area contributed by atoms with E-state index in [2.05, 4.69) is 24.2 Å². The Morgan fingerprint density at radius 2 is 2.24 bits per heavy atom. The molecule has 0 amide bonds. The molecule has 4 nitrogen and oxygen atoms in total. The summed E-state index contributed by atoms with van der Waals surface area (Å²) >= 11 is 0. The molecule has 2 atom stereocenters. The SMILES string of the molecule is CCC1(CN(C)C2CCS(=O)(=O)C2)CCCN1. The second-order valence-corrected chi connectivity index (χ2v) is 7.86. The van der Waals surface area contributed by atoms with Gasteiger partial charge in [-0.15, -0.1) is 0 Å². The summed E-state index contributed by atoms with van der Waals surface area (Å²) < 4.78 is 23.0. The third kappa shape index (κ3) is 3.01. The lowest BCUT2D eigenvalue weighted by Crippen LogP contribution is -2.51. The molecule has 2 heterocycles. The van der Waals surface area contributed by atoms with Gasteiger partial charge in [-0.05, 0) is 39.3 Å². The van der Waals surface area contributed by atoms with Crippen molar-refractivity contribution in [2.75, 3.05) is 31.6 Å². The zero-order valence-electron chi connectivity index (χ0n) is 10.9. The van der Waals surface area contributed by atoms with E-state index in [4.69, 9.17) is 0 Å². The number of nitrogens with zero attached hydrogens (tertiary/aromatic N) is 1. The van der Waals surface area contributed by atoms with Crippen molar-refractivity contribution in [2.45, 2.75) is 44.2 Å². The fourth-order valence-corrected chi connectivity index (χ4v) is 4.95. The minimum absolute atomic E-state index is 0.223. The number of sulfone groups is 1. The fraction of sp³-hybridized carbons (Fsp3) is 1.00. The van der Waals surface area contributed by atoms with Gasteiger partial charge in [0.05, 0.1) is 11.5 Å². The van der Waals surface area contributed by atoms with Crippen molar-refractivity contribution in [1.29, 1.82) is 0 Å². The molecule has 0 spiro atoms. The lowest BCUT2D eigenvalue weighted by atomic mass is 9.93. The molecule has 0 saturated carbocycles. The Balaban J connectivity index is 1.95. The molecule has 5 heteroatoms. The van der Waals surface area contributed by atoms with Crippen LogP contribution in [0.4, 0.5) is 0 Å².